The summed E-state index contributed by atoms with van der Waals surface area (Å²) in [5.74, 6) is -0.0609. The van der Waals surface area contributed by atoms with Crippen LogP contribution in [0.25, 0.3) is 0 Å². The number of carbonyl (C=O) groups excluding carboxylic acids is 2. The van der Waals surface area contributed by atoms with E-state index in [0.29, 0.717) is 17.8 Å². The Hall–Kier alpha value is -3.06. The van der Waals surface area contributed by atoms with E-state index < -0.39 is 18.2 Å². The highest BCUT2D eigenvalue weighted by molar-refractivity contribution is 5.96. The first-order valence-corrected chi connectivity index (χ1v) is 8.83. The second-order valence-electron chi connectivity index (χ2n) is 6.31. The molecule has 0 radical (unpaired) electrons. The molecule has 1 saturated heterocycles. The number of hydrogen-bond acceptors (Lipinski definition) is 5. The normalized spacial score (nSPS) is 19.0. The first kappa shape index (κ1) is 18.7. The minimum Gasteiger partial charge on any atom is -0.508 e. The van der Waals surface area contributed by atoms with E-state index in [4.69, 9.17) is 4.74 Å². The van der Waals surface area contributed by atoms with Gasteiger partial charge in [-0.25, -0.2) is 4.79 Å². The predicted octanol–water partition coefficient (Wildman–Crippen LogP) is 2.59. The van der Waals surface area contributed by atoms with Gasteiger partial charge in [-0.15, -0.1) is 0 Å². The Bertz CT molecular complexity index is 804. The van der Waals surface area contributed by atoms with Gasteiger partial charge in [0.05, 0.1) is 6.61 Å². The summed E-state index contributed by atoms with van der Waals surface area (Å²) in [5.41, 5.74) is 1.78. The molecule has 1 fully saturated rings. The highest BCUT2D eigenvalue weighted by Gasteiger charge is 2.43. The maximum Gasteiger partial charge on any atom is 0.415 e. The third-order valence-electron chi connectivity index (χ3n) is 4.44. The summed E-state index contributed by atoms with van der Waals surface area (Å²) >= 11 is 0. The van der Waals surface area contributed by atoms with E-state index in [1.165, 1.54) is 17.0 Å². The van der Waals surface area contributed by atoms with Gasteiger partial charge in [0, 0.05) is 17.8 Å². The van der Waals surface area contributed by atoms with Crippen LogP contribution in [0.4, 0.5) is 10.5 Å². The van der Waals surface area contributed by atoms with E-state index in [9.17, 15) is 19.8 Å². The van der Waals surface area contributed by atoms with Gasteiger partial charge in [-0.05, 0) is 48.4 Å². The van der Waals surface area contributed by atoms with E-state index in [2.05, 4.69) is 5.32 Å². The molecule has 0 aromatic heterocycles. The number of aliphatic hydroxyl groups excluding tert-OH is 1. The second-order valence-corrected chi connectivity index (χ2v) is 6.31. The van der Waals surface area contributed by atoms with Crippen molar-refractivity contribution in [2.45, 2.75) is 25.5 Å². The number of phenols is 1. The molecule has 2 aromatic carbocycles. The van der Waals surface area contributed by atoms with Gasteiger partial charge in [-0.1, -0.05) is 19.1 Å². The Morgan fingerprint density at radius 3 is 2.41 bits per heavy atom. The van der Waals surface area contributed by atoms with Gasteiger partial charge in [0.1, 0.15) is 11.8 Å². The topological polar surface area (TPSA) is 99.1 Å². The number of cyclic esters (lactones) is 1. The van der Waals surface area contributed by atoms with E-state index in [-0.39, 0.29) is 18.3 Å². The molecule has 0 saturated carbocycles. The number of anilines is 1. The van der Waals surface area contributed by atoms with Crippen molar-refractivity contribution >= 4 is 17.7 Å². The lowest BCUT2D eigenvalue weighted by molar-refractivity contribution is 0.0829. The Labute approximate surface area is 157 Å². The van der Waals surface area contributed by atoms with Gasteiger partial charge in [0.2, 0.25) is 0 Å². The first-order valence-electron chi connectivity index (χ1n) is 8.83. The fourth-order valence-corrected chi connectivity index (χ4v) is 3.08. The molecule has 2 atom stereocenters. The highest BCUT2D eigenvalue weighted by atomic mass is 16.6. The minimum absolute atomic E-state index is 0.110. The predicted molar refractivity (Wildman–Crippen MR) is 99.7 cm³/mol. The lowest BCUT2D eigenvalue weighted by atomic mass is 10.00. The zero-order valence-corrected chi connectivity index (χ0v) is 15.0. The minimum atomic E-state index is -0.727. The van der Waals surface area contributed by atoms with Crippen molar-refractivity contribution in [3.05, 3.63) is 59.7 Å². The fraction of sp³-hybridized carbons (Fsp3) is 0.300. The van der Waals surface area contributed by atoms with Gasteiger partial charge in [0.15, 0.2) is 6.10 Å². The molecule has 7 heteroatoms. The Balaban J connectivity index is 1.89. The maximum absolute atomic E-state index is 12.4. The molecular weight excluding hydrogens is 348 g/mol. The number of nitrogens with one attached hydrogen (secondary N) is 1. The van der Waals surface area contributed by atoms with Crippen LogP contribution in [-0.4, -0.2) is 41.5 Å². The Kier molecular flexibility index (Phi) is 5.61. The van der Waals surface area contributed by atoms with E-state index in [1.54, 1.807) is 36.4 Å². The average molecular weight is 370 g/mol. The van der Waals surface area contributed by atoms with Crippen LogP contribution in [0.2, 0.25) is 0 Å². The number of carbonyl (C=O) groups is 2. The van der Waals surface area contributed by atoms with Crippen molar-refractivity contribution in [3.63, 3.8) is 0 Å². The monoisotopic (exact) mass is 370 g/mol. The Morgan fingerprint density at radius 1 is 1.15 bits per heavy atom. The summed E-state index contributed by atoms with van der Waals surface area (Å²) < 4.78 is 5.30. The second kappa shape index (κ2) is 8.09. The van der Waals surface area contributed by atoms with Gasteiger partial charge in [0.25, 0.3) is 5.91 Å². The van der Waals surface area contributed by atoms with Crippen molar-refractivity contribution < 1.29 is 24.5 Å². The number of phenolic OH excluding ortho intramolecular Hbond substituents is 1. The zero-order valence-electron chi connectivity index (χ0n) is 15.0. The highest BCUT2D eigenvalue weighted by Crippen LogP contribution is 2.37. The van der Waals surface area contributed by atoms with Crippen LogP contribution in [0.15, 0.2) is 48.5 Å². The fourth-order valence-electron chi connectivity index (χ4n) is 3.08. The van der Waals surface area contributed by atoms with Gasteiger partial charge < -0.3 is 20.3 Å². The van der Waals surface area contributed by atoms with Crippen molar-refractivity contribution in [3.8, 4) is 5.75 Å². The van der Waals surface area contributed by atoms with E-state index >= 15 is 0 Å². The standard InChI is InChI=1S/C20H22N2O5/c1-2-11-21-19(25)14-3-7-15(8-4-14)22-18(17(12-23)27-20(22)26)13-5-9-16(24)10-6-13/h3-10,17-18,23-24H,2,11-12H2,1H3,(H,21,25)/t17-,18-/m1/s1. The molecule has 2 aromatic rings. The van der Waals surface area contributed by atoms with E-state index in [0.717, 1.165) is 12.0 Å². The zero-order chi connectivity index (χ0) is 19.4. The van der Waals surface area contributed by atoms with Gasteiger partial charge in [-0.3, -0.25) is 9.69 Å². The molecule has 1 heterocycles. The molecule has 0 bridgehead atoms. The number of hydrogen-bond donors (Lipinski definition) is 3. The molecule has 2 amide bonds. The molecule has 27 heavy (non-hydrogen) atoms. The van der Waals surface area contributed by atoms with E-state index in [1.807, 2.05) is 6.92 Å². The number of ether oxygens (including phenoxy) is 1. The number of aliphatic hydroxyl groups is 1. The van der Waals surface area contributed by atoms with Gasteiger partial charge in [-0.2, -0.15) is 0 Å². The van der Waals surface area contributed by atoms with Crippen molar-refractivity contribution in [2.75, 3.05) is 18.1 Å². The summed E-state index contributed by atoms with van der Waals surface area (Å²) in [6, 6.07) is 12.5. The SMILES string of the molecule is CCCNC(=O)c1ccc(N2C(=O)O[C@H](CO)[C@H]2c2ccc(O)cc2)cc1. The molecular formula is C20H22N2O5. The molecule has 7 nitrogen and oxygen atoms in total. The van der Waals surface area contributed by atoms with Crippen LogP contribution in [0.1, 0.15) is 35.3 Å². The van der Waals surface area contributed by atoms with Gasteiger partial charge >= 0.3 is 6.09 Å². The van der Waals surface area contributed by atoms with Crippen molar-refractivity contribution in [1.29, 1.82) is 0 Å². The number of aromatic hydroxyl groups is 1. The van der Waals surface area contributed by atoms with Crippen LogP contribution in [-0.2, 0) is 4.74 Å². The number of rotatable bonds is 6. The average Bonchev–Trinajstić information content (AvgIpc) is 3.03. The third-order valence-corrected chi connectivity index (χ3v) is 4.44. The van der Waals surface area contributed by atoms with Crippen LogP contribution in [0.5, 0.6) is 5.75 Å². The molecule has 142 valence electrons. The molecule has 1 aliphatic heterocycles. The first-order chi connectivity index (χ1) is 13.0. The summed E-state index contributed by atoms with van der Waals surface area (Å²) in [6.07, 6.45) is -0.454. The van der Waals surface area contributed by atoms with Crippen LogP contribution in [0.3, 0.4) is 0 Å². The summed E-state index contributed by atoms with van der Waals surface area (Å²) in [4.78, 5) is 25.9. The maximum atomic E-state index is 12.4. The Morgan fingerprint density at radius 2 is 1.81 bits per heavy atom. The molecule has 1 aliphatic rings. The lowest BCUT2D eigenvalue weighted by Gasteiger charge is -2.24. The summed E-state index contributed by atoms with van der Waals surface area (Å²) in [7, 11) is 0. The molecule has 0 spiro atoms. The molecule has 3 N–H and O–H groups in total. The largest absolute Gasteiger partial charge is 0.508 e. The van der Waals surface area contributed by atoms with Crippen LogP contribution < -0.4 is 10.2 Å². The molecule has 0 aliphatic carbocycles. The number of benzene rings is 2. The third kappa shape index (κ3) is 3.88. The van der Waals surface area contributed by atoms with Crippen LogP contribution >= 0.6 is 0 Å². The number of amides is 2. The summed E-state index contributed by atoms with van der Waals surface area (Å²) in [5, 5.41) is 21.9. The van der Waals surface area contributed by atoms with Crippen molar-refractivity contribution in [2.24, 2.45) is 0 Å². The van der Waals surface area contributed by atoms with Crippen LogP contribution in [0, 0.1) is 0 Å². The molecule has 0 unspecified atom stereocenters. The van der Waals surface area contributed by atoms with Crippen molar-refractivity contribution in [1.82, 2.24) is 5.32 Å². The summed E-state index contributed by atoms with van der Waals surface area (Å²) in [6.45, 7) is 2.24. The number of nitrogens with zero attached hydrogens (tertiary/aromatic N) is 1. The quantitative estimate of drug-likeness (QED) is 0.726. The molecule has 3 rings (SSSR count). The smallest absolute Gasteiger partial charge is 0.415 e. The lowest BCUT2D eigenvalue weighted by Crippen LogP contribution is -2.30.